The van der Waals surface area contributed by atoms with E-state index in [2.05, 4.69) is 35.9 Å². The molecular formula is C17H31ClN4O. The van der Waals surface area contributed by atoms with Gasteiger partial charge in [0.1, 0.15) is 0 Å². The Hall–Kier alpha value is -1.07. The Labute approximate surface area is 146 Å². The molecule has 0 spiro atoms. The van der Waals surface area contributed by atoms with Gasteiger partial charge in [-0.2, -0.15) is 5.10 Å². The van der Waals surface area contributed by atoms with Crippen LogP contribution in [-0.2, 0) is 17.8 Å². The number of aryl methyl sites for hydroxylation is 1. The zero-order valence-electron chi connectivity index (χ0n) is 15.1. The molecule has 132 valence electrons. The molecule has 23 heavy (non-hydrogen) atoms. The predicted molar refractivity (Wildman–Crippen MR) is 96.2 cm³/mol. The zero-order chi connectivity index (χ0) is 16.3. The first-order valence-corrected chi connectivity index (χ1v) is 8.40. The lowest BCUT2D eigenvalue weighted by Crippen LogP contribution is -2.47. The summed E-state index contributed by atoms with van der Waals surface area (Å²) in [4.78, 5) is 14.6. The molecule has 1 atom stereocenters. The van der Waals surface area contributed by atoms with Crippen molar-refractivity contribution in [2.45, 2.75) is 59.5 Å². The molecular weight excluding hydrogens is 312 g/mol. The van der Waals surface area contributed by atoms with E-state index in [1.165, 1.54) is 0 Å². The largest absolute Gasteiger partial charge is 0.341 e. The van der Waals surface area contributed by atoms with Crippen molar-refractivity contribution in [2.75, 3.05) is 20.1 Å². The lowest BCUT2D eigenvalue weighted by molar-refractivity contribution is -0.131. The number of piperidine rings is 1. The normalized spacial score (nSPS) is 18.2. The summed E-state index contributed by atoms with van der Waals surface area (Å²) in [5, 5.41) is 7.90. The van der Waals surface area contributed by atoms with Crippen molar-refractivity contribution in [1.82, 2.24) is 20.0 Å². The summed E-state index contributed by atoms with van der Waals surface area (Å²) in [5.41, 5.74) is 3.24. The number of carbonyl (C=O) groups excluding carboxylic acids is 1. The van der Waals surface area contributed by atoms with Crippen LogP contribution in [0.2, 0.25) is 0 Å². The molecule has 2 heterocycles. The molecule has 0 aliphatic carbocycles. The first kappa shape index (κ1) is 20.0. The second kappa shape index (κ2) is 8.69. The van der Waals surface area contributed by atoms with Gasteiger partial charge in [0.2, 0.25) is 5.91 Å². The van der Waals surface area contributed by atoms with Crippen LogP contribution in [0.5, 0.6) is 0 Å². The quantitative estimate of drug-likeness (QED) is 0.893. The Morgan fingerprint density at radius 1 is 1.39 bits per heavy atom. The van der Waals surface area contributed by atoms with Gasteiger partial charge in [-0.1, -0.05) is 13.8 Å². The minimum Gasteiger partial charge on any atom is -0.341 e. The van der Waals surface area contributed by atoms with Crippen LogP contribution in [0.4, 0.5) is 0 Å². The molecule has 0 radical (unpaired) electrons. The average molecular weight is 343 g/mol. The van der Waals surface area contributed by atoms with Gasteiger partial charge in [0, 0.05) is 36.9 Å². The van der Waals surface area contributed by atoms with Gasteiger partial charge in [0.05, 0.1) is 12.1 Å². The lowest BCUT2D eigenvalue weighted by atomic mass is 10.0. The number of likely N-dealkylation sites (N-methyl/N-ethyl adjacent to an activating group) is 1. The summed E-state index contributed by atoms with van der Waals surface area (Å²) < 4.78 is 2.05. The maximum atomic E-state index is 12.6. The minimum absolute atomic E-state index is 0. The van der Waals surface area contributed by atoms with E-state index in [1.54, 1.807) is 0 Å². The highest BCUT2D eigenvalue weighted by Crippen LogP contribution is 2.18. The van der Waals surface area contributed by atoms with Crippen molar-refractivity contribution in [1.29, 1.82) is 0 Å². The molecule has 1 aliphatic heterocycles. The zero-order valence-corrected chi connectivity index (χ0v) is 15.9. The molecule has 1 unspecified atom stereocenters. The van der Waals surface area contributed by atoms with Crippen molar-refractivity contribution in [3.8, 4) is 0 Å². The Balaban J connectivity index is 0.00000264. The van der Waals surface area contributed by atoms with Crippen molar-refractivity contribution in [3.05, 3.63) is 17.0 Å². The monoisotopic (exact) mass is 342 g/mol. The molecule has 1 amide bonds. The van der Waals surface area contributed by atoms with Gasteiger partial charge in [0.15, 0.2) is 0 Å². The fourth-order valence-corrected chi connectivity index (χ4v) is 3.22. The summed E-state index contributed by atoms with van der Waals surface area (Å²) in [6, 6.07) is 0.434. The number of hydrogen-bond acceptors (Lipinski definition) is 3. The van der Waals surface area contributed by atoms with E-state index in [0.717, 1.165) is 49.4 Å². The number of likely N-dealkylation sites (tertiary alicyclic amines) is 1. The standard InChI is InChI=1S/C17H30N4O.ClH/c1-12(2)10-21-14(4)16(13(3)19-21)9-17(22)20-8-6-7-15(11-20)18-5;/h12,15,18H,6-11H2,1-5H3;1H. The maximum absolute atomic E-state index is 12.6. The fourth-order valence-electron chi connectivity index (χ4n) is 3.22. The van der Waals surface area contributed by atoms with Gasteiger partial charge in [0.25, 0.3) is 0 Å². The van der Waals surface area contributed by atoms with E-state index >= 15 is 0 Å². The molecule has 0 saturated carbocycles. The van der Waals surface area contributed by atoms with Crippen LogP contribution in [0.25, 0.3) is 0 Å². The van der Waals surface area contributed by atoms with Crippen molar-refractivity contribution in [3.63, 3.8) is 0 Å². The average Bonchev–Trinajstić information content (AvgIpc) is 2.74. The Morgan fingerprint density at radius 3 is 2.70 bits per heavy atom. The Kier molecular flexibility index (Phi) is 7.55. The summed E-state index contributed by atoms with van der Waals surface area (Å²) in [6.45, 7) is 11.1. The number of amides is 1. The Bertz CT molecular complexity index is 527. The number of nitrogens with one attached hydrogen (secondary N) is 1. The number of aromatic nitrogens is 2. The van der Waals surface area contributed by atoms with Crippen molar-refractivity contribution in [2.24, 2.45) is 5.92 Å². The topological polar surface area (TPSA) is 50.2 Å². The summed E-state index contributed by atoms with van der Waals surface area (Å²) in [6.07, 6.45) is 2.72. The maximum Gasteiger partial charge on any atom is 0.227 e. The molecule has 1 aromatic heterocycles. The van der Waals surface area contributed by atoms with Crippen molar-refractivity contribution < 1.29 is 4.79 Å². The van der Waals surface area contributed by atoms with Crippen LogP contribution < -0.4 is 5.32 Å². The third-order valence-electron chi connectivity index (χ3n) is 4.58. The van der Waals surface area contributed by atoms with Crippen molar-refractivity contribution >= 4 is 18.3 Å². The van der Waals surface area contributed by atoms with E-state index < -0.39 is 0 Å². The number of hydrogen-bond donors (Lipinski definition) is 1. The minimum atomic E-state index is 0. The molecule has 1 N–H and O–H groups in total. The molecule has 0 aromatic carbocycles. The van der Waals surface area contributed by atoms with Crippen LogP contribution in [0.1, 0.15) is 43.6 Å². The van der Waals surface area contributed by atoms with Crippen LogP contribution in [0, 0.1) is 19.8 Å². The molecule has 1 saturated heterocycles. The summed E-state index contributed by atoms with van der Waals surface area (Å²) in [5.74, 6) is 0.787. The fraction of sp³-hybridized carbons (Fsp3) is 0.765. The lowest BCUT2D eigenvalue weighted by Gasteiger charge is -2.32. The molecule has 2 rings (SSSR count). The number of halogens is 1. The summed E-state index contributed by atoms with van der Waals surface area (Å²) in [7, 11) is 1.98. The molecule has 5 nitrogen and oxygen atoms in total. The molecule has 0 bridgehead atoms. The van der Waals surface area contributed by atoms with Crippen LogP contribution >= 0.6 is 12.4 Å². The second-order valence-electron chi connectivity index (χ2n) is 6.87. The van der Waals surface area contributed by atoms with Crippen LogP contribution in [0.15, 0.2) is 0 Å². The number of rotatable bonds is 5. The highest BCUT2D eigenvalue weighted by Gasteiger charge is 2.24. The van der Waals surface area contributed by atoms with Gasteiger partial charge in [-0.25, -0.2) is 0 Å². The first-order valence-electron chi connectivity index (χ1n) is 8.40. The summed E-state index contributed by atoms with van der Waals surface area (Å²) >= 11 is 0. The second-order valence-corrected chi connectivity index (χ2v) is 6.87. The van der Waals surface area contributed by atoms with Gasteiger partial charge < -0.3 is 10.2 Å². The predicted octanol–water partition coefficient (Wildman–Crippen LogP) is 2.33. The van der Waals surface area contributed by atoms with Crippen LogP contribution in [0.3, 0.4) is 0 Å². The molecule has 1 fully saturated rings. The highest BCUT2D eigenvalue weighted by molar-refractivity contribution is 5.85. The first-order chi connectivity index (χ1) is 10.4. The van der Waals surface area contributed by atoms with E-state index in [4.69, 9.17) is 0 Å². The van der Waals surface area contributed by atoms with Gasteiger partial charge in [-0.3, -0.25) is 9.48 Å². The number of carbonyl (C=O) groups is 1. The smallest absolute Gasteiger partial charge is 0.227 e. The van der Waals surface area contributed by atoms with E-state index in [9.17, 15) is 4.79 Å². The van der Waals surface area contributed by atoms with E-state index in [1.807, 2.05) is 18.9 Å². The third-order valence-corrected chi connectivity index (χ3v) is 4.58. The molecule has 1 aliphatic rings. The highest BCUT2D eigenvalue weighted by atomic mass is 35.5. The third kappa shape index (κ3) is 4.95. The van der Waals surface area contributed by atoms with E-state index in [0.29, 0.717) is 18.4 Å². The van der Waals surface area contributed by atoms with Gasteiger partial charge >= 0.3 is 0 Å². The SMILES string of the molecule is CNC1CCCN(C(=O)Cc2c(C)nn(CC(C)C)c2C)C1.Cl. The van der Waals surface area contributed by atoms with Gasteiger partial charge in [-0.05, 0) is 39.7 Å². The Morgan fingerprint density at radius 2 is 2.09 bits per heavy atom. The molecule has 6 heteroatoms. The van der Waals surface area contributed by atoms with Gasteiger partial charge in [-0.15, -0.1) is 12.4 Å². The van der Waals surface area contributed by atoms with E-state index in [-0.39, 0.29) is 18.3 Å². The number of nitrogens with zero attached hydrogens (tertiary/aromatic N) is 3. The molecule has 1 aromatic rings. The van der Waals surface area contributed by atoms with Crippen LogP contribution in [-0.4, -0.2) is 46.8 Å².